The maximum atomic E-state index is 13.6. The predicted molar refractivity (Wildman–Crippen MR) is 137 cm³/mol. The Morgan fingerprint density at radius 2 is 2.00 bits per heavy atom. The number of aromatic hydroxyl groups is 1. The van der Waals surface area contributed by atoms with Gasteiger partial charge in [0, 0.05) is 29.6 Å². The first-order valence-corrected chi connectivity index (χ1v) is 13.1. The first kappa shape index (κ1) is 23.4. The van der Waals surface area contributed by atoms with Gasteiger partial charge in [-0.3, -0.25) is 4.79 Å². The van der Waals surface area contributed by atoms with Crippen LogP contribution in [0.15, 0.2) is 42.5 Å². The van der Waals surface area contributed by atoms with Crippen molar-refractivity contribution in [2.75, 3.05) is 20.1 Å². The van der Waals surface area contributed by atoms with Gasteiger partial charge < -0.3 is 24.7 Å². The Labute approximate surface area is 212 Å². The number of phenols is 1. The van der Waals surface area contributed by atoms with E-state index in [2.05, 4.69) is 37.6 Å². The van der Waals surface area contributed by atoms with Gasteiger partial charge in [-0.25, -0.2) is 0 Å². The molecular weight excluding hydrogens is 452 g/mol. The molecular formula is C30H34N2O4. The Bertz CT molecular complexity index is 1260. The van der Waals surface area contributed by atoms with E-state index in [1.54, 1.807) is 6.07 Å². The first-order chi connectivity index (χ1) is 17.3. The van der Waals surface area contributed by atoms with E-state index in [0.717, 1.165) is 36.1 Å². The second-order valence-electron chi connectivity index (χ2n) is 11.4. The van der Waals surface area contributed by atoms with Crippen LogP contribution in [0.3, 0.4) is 0 Å². The zero-order valence-electron chi connectivity index (χ0n) is 21.2. The molecule has 0 unspecified atom stereocenters. The molecule has 6 rings (SSSR count). The highest BCUT2D eigenvalue weighted by molar-refractivity contribution is 5.94. The zero-order chi connectivity index (χ0) is 25.2. The predicted octanol–water partition coefficient (Wildman–Crippen LogP) is 3.08. The van der Waals surface area contributed by atoms with Gasteiger partial charge in [-0.1, -0.05) is 44.0 Å². The smallest absolute Gasteiger partial charge is 0.299 e. The normalized spacial score (nSPS) is 31.8. The summed E-state index contributed by atoms with van der Waals surface area (Å²) in [7, 11) is 2.09. The maximum Gasteiger partial charge on any atom is 0.299 e. The molecule has 2 N–H and O–H groups in total. The van der Waals surface area contributed by atoms with Crippen molar-refractivity contribution in [2.45, 2.75) is 68.7 Å². The lowest BCUT2D eigenvalue weighted by atomic mass is 9.48. The molecule has 36 heavy (non-hydrogen) atoms. The van der Waals surface area contributed by atoms with E-state index in [9.17, 15) is 15.0 Å². The molecule has 2 aliphatic heterocycles. The third kappa shape index (κ3) is 3.16. The van der Waals surface area contributed by atoms with Gasteiger partial charge in [0.25, 0.3) is 5.91 Å². The molecule has 0 radical (unpaired) electrons. The van der Waals surface area contributed by atoms with Crippen molar-refractivity contribution in [3.63, 3.8) is 0 Å². The molecule has 1 spiro atoms. The van der Waals surface area contributed by atoms with Crippen molar-refractivity contribution in [2.24, 2.45) is 5.92 Å². The van der Waals surface area contributed by atoms with Gasteiger partial charge in [-0.2, -0.15) is 0 Å². The molecule has 2 bridgehead atoms. The fraction of sp³-hybridized carbons (Fsp3) is 0.500. The standard InChI is InChI=1S/C30H34N2O4/c1-19(2)18-32(25(34)12-9-20-7-5-4-6-8-20)22-13-14-30(35)24-17-21-10-11-23(33)27-26(21)29(30,28(22)36-27)15-16-31(24)3/h4-8,10-11,19,22,24,28,33,35H,13-18H2,1-3H3/t22-,24+,28-,29-,30+/m0/s1. The Morgan fingerprint density at radius 1 is 1.22 bits per heavy atom. The summed E-state index contributed by atoms with van der Waals surface area (Å²) in [6.07, 6.45) is 2.23. The summed E-state index contributed by atoms with van der Waals surface area (Å²) in [6, 6.07) is 13.0. The zero-order valence-corrected chi connectivity index (χ0v) is 21.2. The van der Waals surface area contributed by atoms with Crippen molar-refractivity contribution >= 4 is 5.91 Å². The van der Waals surface area contributed by atoms with E-state index in [0.29, 0.717) is 25.1 Å². The van der Waals surface area contributed by atoms with E-state index in [-0.39, 0.29) is 29.7 Å². The van der Waals surface area contributed by atoms with Crippen molar-refractivity contribution < 1.29 is 19.7 Å². The van der Waals surface area contributed by atoms with Gasteiger partial charge in [0.1, 0.15) is 6.10 Å². The van der Waals surface area contributed by atoms with Crippen LogP contribution < -0.4 is 4.74 Å². The topological polar surface area (TPSA) is 73.2 Å². The Morgan fingerprint density at radius 3 is 2.75 bits per heavy atom. The van der Waals surface area contributed by atoms with Gasteiger partial charge in [-0.05, 0) is 69.0 Å². The number of rotatable bonds is 3. The van der Waals surface area contributed by atoms with Crippen LogP contribution in [0.25, 0.3) is 0 Å². The van der Waals surface area contributed by atoms with E-state index >= 15 is 0 Å². The molecule has 4 aliphatic rings. The Balaban J connectivity index is 1.44. The minimum Gasteiger partial charge on any atom is -0.504 e. The fourth-order valence-electron chi connectivity index (χ4n) is 7.53. The molecule has 1 amide bonds. The largest absolute Gasteiger partial charge is 0.504 e. The minimum absolute atomic E-state index is 0.0200. The van der Waals surface area contributed by atoms with Crippen molar-refractivity contribution in [1.29, 1.82) is 0 Å². The molecule has 2 aromatic carbocycles. The number of hydrogen-bond acceptors (Lipinski definition) is 5. The number of aliphatic hydroxyl groups is 1. The summed E-state index contributed by atoms with van der Waals surface area (Å²) in [5, 5.41) is 23.2. The number of phenolic OH excluding ortho intramolecular Hbond substituents is 1. The summed E-state index contributed by atoms with van der Waals surface area (Å²) in [4.78, 5) is 17.8. The second-order valence-corrected chi connectivity index (χ2v) is 11.4. The number of ether oxygens (including phenoxy) is 1. The monoisotopic (exact) mass is 486 g/mol. The molecule has 2 heterocycles. The highest BCUT2D eigenvalue weighted by Gasteiger charge is 2.73. The lowest BCUT2D eigenvalue weighted by Crippen LogP contribution is -2.78. The number of benzene rings is 2. The van der Waals surface area contributed by atoms with Crippen LogP contribution in [-0.2, 0) is 16.6 Å². The van der Waals surface area contributed by atoms with Gasteiger partial charge in [0.15, 0.2) is 11.5 Å². The third-order valence-corrected chi connectivity index (χ3v) is 9.01. The second kappa shape index (κ2) is 8.26. The van der Waals surface area contributed by atoms with Crippen LogP contribution in [0.1, 0.15) is 49.8 Å². The van der Waals surface area contributed by atoms with Crippen molar-refractivity contribution in [3.05, 3.63) is 59.2 Å². The van der Waals surface area contributed by atoms with E-state index in [4.69, 9.17) is 4.74 Å². The molecule has 1 saturated carbocycles. The first-order valence-electron chi connectivity index (χ1n) is 13.1. The highest BCUT2D eigenvalue weighted by Crippen LogP contribution is 2.65. The van der Waals surface area contributed by atoms with Crippen LogP contribution in [0.2, 0.25) is 0 Å². The van der Waals surface area contributed by atoms with Crippen LogP contribution in [0.4, 0.5) is 0 Å². The summed E-state index contributed by atoms with van der Waals surface area (Å²) < 4.78 is 6.63. The Kier molecular flexibility index (Phi) is 5.37. The van der Waals surface area contributed by atoms with Gasteiger partial charge in [-0.15, -0.1) is 0 Å². The van der Waals surface area contributed by atoms with E-state index in [1.165, 1.54) is 0 Å². The number of nitrogens with zero attached hydrogens (tertiary/aromatic N) is 2. The van der Waals surface area contributed by atoms with Gasteiger partial charge in [0.2, 0.25) is 0 Å². The Hall–Kier alpha value is -3.01. The summed E-state index contributed by atoms with van der Waals surface area (Å²) >= 11 is 0. The molecule has 5 atom stereocenters. The average Bonchev–Trinajstić information content (AvgIpc) is 3.22. The van der Waals surface area contributed by atoms with Crippen LogP contribution in [-0.4, -0.2) is 69.8 Å². The lowest BCUT2D eigenvalue weighted by molar-refractivity contribution is -0.197. The molecule has 6 heteroatoms. The van der Waals surface area contributed by atoms with Crippen molar-refractivity contribution in [1.82, 2.24) is 9.80 Å². The quantitative estimate of drug-likeness (QED) is 0.653. The van der Waals surface area contributed by atoms with E-state index < -0.39 is 17.1 Å². The minimum atomic E-state index is -0.977. The van der Waals surface area contributed by atoms with Crippen LogP contribution in [0, 0.1) is 17.8 Å². The number of likely N-dealkylation sites (N-methyl/N-ethyl adjacent to an activating group) is 1. The molecule has 6 nitrogen and oxygen atoms in total. The van der Waals surface area contributed by atoms with Crippen LogP contribution in [0.5, 0.6) is 11.5 Å². The summed E-state index contributed by atoms with van der Waals surface area (Å²) in [6.45, 7) is 5.59. The molecule has 2 aromatic rings. The van der Waals surface area contributed by atoms with Crippen molar-refractivity contribution in [3.8, 4) is 23.3 Å². The number of likely N-dealkylation sites (tertiary alicyclic amines) is 1. The SMILES string of the molecule is CC(C)CN(C(=O)C#Cc1ccccc1)[C@H]1CC[C@@]2(O)[C@H]3Cc4ccc(O)c5c4[C@@]2(CCN3C)[C@H]1O5. The summed E-state index contributed by atoms with van der Waals surface area (Å²) in [5.74, 6) is 6.55. The highest BCUT2D eigenvalue weighted by atomic mass is 16.5. The number of carbonyl (C=O) groups excluding carboxylic acids is 1. The fourth-order valence-corrected chi connectivity index (χ4v) is 7.53. The number of hydrogen-bond donors (Lipinski definition) is 2. The maximum absolute atomic E-state index is 13.6. The molecule has 1 saturated heterocycles. The lowest BCUT2D eigenvalue weighted by Gasteiger charge is -2.64. The number of carbonyl (C=O) groups is 1. The number of piperidine rings is 1. The van der Waals surface area contributed by atoms with Gasteiger partial charge >= 0.3 is 0 Å². The molecule has 2 aliphatic carbocycles. The molecule has 2 fully saturated rings. The molecule has 188 valence electrons. The average molecular weight is 487 g/mol. The van der Waals surface area contributed by atoms with Gasteiger partial charge in [0.05, 0.1) is 17.1 Å². The van der Waals surface area contributed by atoms with E-state index in [1.807, 2.05) is 41.3 Å². The third-order valence-electron chi connectivity index (χ3n) is 9.01. The van der Waals surface area contributed by atoms with Crippen LogP contribution >= 0.6 is 0 Å². The summed E-state index contributed by atoms with van der Waals surface area (Å²) in [5.41, 5.74) is 1.28. The number of amides is 1. The molecule has 0 aromatic heterocycles.